The molecule has 0 aliphatic rings. The van der Waals surface area contributed by atoms with Crippen LogP contribution in [0, 0.1) is 0 Å². The maximum absolute atomic E-state index is 10.2. The first-order valence-corrected chi connectivity index (χ1v) is 14.1. The molecule has 16 heteroatoms. The van der Waals surface area contributed by atoms with Crippen LogP contribution in [0.25, 0.3) is 24.3 Å². The molecular formula is C36H30Cu2N4O10. The summed E-state index contributed by atoms with van der Waals surface area (Å²) in [6.45, 7) is 0. The Kier molecular flexibility index (Phi) is 25.9. The van der Waals surface area contributed by atoms with E-state index in [9.17, 15) is 39.6 Å². The first-order chi connectivity index (χ1) is 24.1. The molecule has 5 rings (SSSR count). The van der Waals surface area contributed by atoms with Crippen molar-refractivity contribution in [3.63, 3.8) is 0 Å². The molecule has 4 aromatic heterocycles. The van der Waals surface area contributed by atoms with Gasteiger partial charge in [-0.05, 0) is 70.8 Å². The van der Waals surface area contributed by atoms with Gasteiger partial charge >= 0.3 is 34.1 Å². The number of nitrogens with zero attached hydrogens (tertiary/aromatic N) is 4. The second-order valence-electron chi connectivity index (χ2n) is 8.86. The molecule has 0 aliphatic carbocycles. The Morgan fingerprint density at radius 1 is 0.423 bits per heavy atom. The Bertz CT molecular complexity index is 1670. The largest absolute Gasteiger partial charge is 2.00 e. The molecule has 52 heavy (non-hydrogen) atoms. The van der Waals surface area contributed by atoms with E-state index in [1.54, 1.807) is 24.8 Å². The van der Waals surface area contributed by atoms with Gasteiger partial charge in [0.1, 0.15) is 0 Å². The molecule has 0 atom stereocenters. The third-order valence-electron chi connectivity index (χ3n) is 5.62. The fourth-order valence-electron chi connectivity index (χ4n) is 3.38. The van der Waals surface area contributed by atoms with Gasteiger partial charge in [0.15, 0.2) is 0 Å². The Labute approximate surface area is 319 Å². The number of benzene rings is 1. The number of aliphatic hydroxyl groups excluding tert-OH is 2. The topological polar surface area (TPSA) is 253 Å². The molecule has 2 N–H and O–H groups in total. The number of hydrogen-bond donors (Lipinski definition) is 2. The summed E-state index contributed by atoms with van der Waals surface area (Å²) in [7, 11) is 2.00. The predicted octanol–water partition coefficient (Wildman–Crippen LogP) is -0.353. The maximum Gasteiger partial charge on any atom is 2.00 e. The Balaban J connectivity index is 0. The first kappa shape index (κ1) is 48.3. The van der Waals surface area contributed by atoms with Crippen molar-refractivity contribution in [1.29, 1.82) is 0 Å². The molecule has 0 saturated heterocycles. The molecule has 0 bridgehead atoms. The van der Waals surface area contributed by atoms with Crippen LogP contribution in [0.1, 0.15) is 64.2 Å². The van der Waals surface area contributed by atoms with Crippen LogP contribution >= 0.6 is 0 Å². The average molecular weight is 806 g/mol. The van der Waals surface area contributed by atoms with Crippen LogP contribution in [-0.2, 0) is 34.1 Å². The van der Waals surface area contributed by atoms with E-state index in [0.717, 1.165) is 49.6 Å². The molecule has 2 radical (unpaired) electrons. The summed E-state index contributed by atoms with van der Waals surface area (Å²) in [5.74, 6) is -6.06. The number of aromatic carboxylic acids is 4. The van der Waals surface area contributed by atoms with Crippen molar-refractivity contribution in [3.8, 4) is 0 Å². The van der Waals surface area contributed by atoms with Crippen LogP contribution in [0.15, 0.2) is 110 Å². The number of carbonyl (C=O) groups is 4. The summed E-state index contributed by atoms with van der Waals surface area (Å²) in [4.78, 5) is 55.3. The van der Waals surface area contributed by atoms with E-state index >= 15 is 0 Å². The smallest absolute Gasteiger partial charge is 0.543 e. The number of aromatic nitrogens is 4. The van der Waals surface area contributed by atoms with Crippen molar-refractivity contribution < 1.29 is 84.0 Å². The van der Waals surface area contributed by atoms with E-state index in [1.165, 1.54) is 23.3 Å². The van der Waals surface area contributed by atoms with E-state index in [1.807, 2.05) is 24.3 Å². The standard InChI is InChI=1S/C20H16N2.2C7H5NO4.2CH4O.2Cu/c1-2-18(6-8-20-11-15-22-16-12-20)4-3-17(1)5-7-19-9-13-21-14-10-19;2*9-6(10)4-2-1-3-5(8-4)7(11)12;2*1-2;;/h1-16H;2*1-3H,(H,9,10)(H,11,12);2*2H,1H3;;/q;;;;;2*+2/p-4/b7-5+,8-6+;;;;;;. The summed E-state index contributed by atoms with van der Waals surface area (Å²) in [6.07, 6.45) is 15.6. The number of carboxylic acids is 4. The van der Waals surface area contributed by atoms with Crippen molar-refractivity contribution >= 4 is 48.2 Å². The third kappa shape index (κ3) is 18.8. The van der Waals surface area contributed by atoms with Crippen LogP contribution in [-0.4, -0.2) is 68.2 Å². The number of hydrogen-bond acceptors (Lipinski definition) is 14. The van der Waals surface area contributed by atoms with Crippen molar-refractivity contribution in [3.05, 3.63) is 155 Å². The molecule has 1 aromatic carbocycles. The maximum atomic E-state index is 10.2. The second-order valence-corrected chi connectivity index (χ2v) is 8.86. The molecule has 0 unspecified atom stereocenters. The molecule has 14 nitrogen and oxygen atoms in total. The number of rotatable bonds is 8. The van der Waals surface area contributed by atoms with Gasteiger partial charge in [0.2, 0.25) is 0 Å². The molecule has 276 valence electrons. The molecular weight excluding hydrogens is 776 g/mol. The molecule has 0 fully saturated rings. The minimum Gasteiger partial charge on any atom is -0.543 e. The van der Waals surface area contributed by atoms with Gasteiger partial charge in [-0.1, -0.05) is 60.7 Å². The number of aliphatic hydroxyl groups is 2. The zero-order chi connectivity index (χ0) is 37.3. The van der Waals surface area contributed by atoms with E-state index in [4.69, 9.17) is 10.2 Å². The van der Waals surface area contributed by atoms with Crippen molar-refractivity contribution in [2.75, 3.05) is 14.2 Å². The molecule has 4 heterocycles. The fourth-order valence-corrected chi connectivity index (χ4v) is 3.38. The fraction of sp³-hybridized carbons (Fsp3) is 0.0556. The van der Waals surface area contributed by atoms with Gasteiger partial charge in [-0.15, -0.1) is 0 Å². The molecule has 0 aliphatic heterocycles. The van der Waals surface area contributed by atoms with Crippen LogP contribution in [0.5, 0.6) is 0 Å². The molecule has 0 spiro atoms. The van der Waals surface area contributed by atoms with Gasteiger partial charge in [-0.3, -0.25) is 9.97 Å². The summed E-state index contributed by atoms with van der Waals surface area (Å²) in [5.41, 5.74) is 2.98. The van der Waals surface area contributed by atoms with Gasteiger partial charge < -0.3 is 49.8 Å². The van der Waals surface area contributed by atoms with E-state index in [0.29, 0.717) is 0 Å². The number of carbonyl (C=O) groups excluding carboxylic acids is 4. The van der Waals surface area contributed by atoms with Crippen molar-refractivity contribution in [1.82, 2.24) is 19.9 Å². The Hall–Kier alpha value is -5.86. The van der Waals surface area contributed by atoms with Gasteiger partial charge in [-0.2, -0.15) is 0 Å². The SMILES string of the molecule is C(=C\c1ccc(/C=C/c2ccncc2)cc1)/c1ccncc1.CO.CO.O=C([O-])c1cccc(C(=O)[O-])n1.O=C([O-])c1cccc(C(=O)[O-])n1.[Cu+2].[Cu+2]. The minimum absolute atomic E-state index is 0. The van der Waals surface area contributed by atoms with Crippen LogP contribution in [0.3, 0.4) is 0 Å². The van der Waals surface area contributed by atoms with E-state index < -0.39 is 46.7 Å². The summed E-state index contributed by atoms with van der Waals surface area (Å²) in [5, 5.41) is 54.8. The first-order valence-electron chi connectivity index (χ1n) is 14.1. The predicted molar refractivity (Wildman–Crippen MR) is 175 cm³/mol. The van der Waals surface area contributed by atoms with Gasteiger partial charge in [0.25, 0.3) is 0 Å². The zero-order valence-corrected chi connectivity index (χ0v) is 29.1. The summed E-state index contributed by atoms with van der Waals surface area (Å²) < 4.78 is 0. The monoisotopic (exact) mass is 804 g/mol. The quantitative estimate of drug-likeness (QED) is 0.190. The molecule has 5 aromatic rings. The molecule has 0 amide bonds. The van der Waals surface area contributed by atoms with E-state index in [2.05, 4.69) is 68.5 Å². The Morgan fingerprint density at radius 2 is 0.635 bits per heavy atom. The summed E-state index contributed by atoms with van der Waals surface area (Å²) >= 11 is 0. The van der Waals surface area contributed by atoms with Gasteiger partial charge in [0.05, 0.1) is 46.7 Å². The van der Waals surface area contributed by atoms with Crippen molar-refractivity contribution in [2.24, 2.45) is 0 Å². The van der Waals surface area contributed by atoms with Crippen LogP contribution < -0.4 is 20.4 Å². The average Bonchev–Trinajstić information content (AvgIpc) is 3.16. The van der Waals surface area contributed by atoms with Gasteiger partial charge in [0, 0.05) is 39.0 Å². The normalized spacial score (nSPS) is 9.31. The van der Waals surface area contributed by atoms with Crippen molar-refractivity contribution in [2.45, 2.75) is 0 Å². The van der Waals surface area contributed by atoms with Crippen LogP contribution in [0.2, 0.25) is 0 Å². The van der Waals surface area contributed by atoms with Gasteiger partial charge in [-0.25, -0.2) is 9.97 Å². The number of carboxylic acid groups (broad SMARTS) is 4. The zero-order valence-electron chi connectivity index (χ0n) is 27.3. The minimum atomic E-state index is -1.52. The summed E-state index contributed by atoms with van der Waals surface area (Å²) in [6, 6.07) is 23.5. The van der Waals surface area contributed by atoms with E-state index in [-0.39, 0.29) is 34.1 Å². The molecule has 0 saturated carbocycles. The van der Waals surface area contributed by atoms with Crippen LogP contribution in [0.4, 0.5) is 0 Å². The second kappa shape index (κ2) is 27.9. The Morgan fingerprint density at radius 3 is 0.846 bits per heavy atom. The third-order valence-corrected chi connectivity index (χ3v) is 5.62. The number of pyridine rings is 4.